The van der Waals surface area contributed by atoms with E-state index < -0.39 is 5.60 Å². The molecule has 1 heterocycles. The molecule has 1 saturated heterocycles. The van der Waals surface area contributed by atoms with Crippen molar-refractivity contribution in [3.8, 4) is 0 Å². The van der Waals surface area contributed by atoms with E-state index in [4.69, 9.17) is 0 Å². The summed E-state index contributed by atoms with van der Waals surface area (Å²) in [6.45, 7) is 6.81. The fourth-order valence-electron chi connectivity index (χ4n) is 4.88. The highest BCUT2D eigenvalue weighted by Crippen LogP contribution is 2.40. The van der Waals surface area contributed by atoms with Crippen molar-refractivity contribution in [2.75, 3.05) is 6.54 Å². The summed E-state index contributed by atoms with van der Waals surface area (Å²) in [5.41, 5.74) is 1.000. The number of hydrogen-bond acceptors (Lipinski definition) is 1. The van der Waals surface area contributed by atoms with Gasteiger partial charge in [-0.3, -0.25) is 0 Å². The molecule has 0 aromatic heterocycles. The highest BCUT2D eigenvalue weighted by atomic mass is 16.3. The SMILES string of the molecule is C[C@@H]1C[C@](O)(C2CCCCC2)[C@H](C)C[NH+]1Cc1ccccc1. The lowest BCUT2D eigenvalue weighted by molar-refractivity contribution is -0.948. The van der Waals surface area contributed by atoms with Crippen LogP contribution in [0.4, 0.5) is 0 Å². The topological polar surface area (TPSA) is 24.7 Å². The van der Waals surface area contributed by atoms with Crippen LogP contribution in [-0.4, -0.2) is 23.3 Å². The number of piperidine rings is 1. The third-order valence-electron chi connectivity index (χ3n) is 6.34. The number of likely N-dealkylation sites (tertiary alicyclic amines) is 1. The Labute approximate surface area is 135 Å². The van der Waals surface area contributed by atoms with E-state index >= 15 is 0 Å². The van der Waals surface area contributed by atoms with E-state index in [1.54, 1.807) is 4.90 Å². The van der Waals surface area contributed by atoms with Gasteiger partial charge in [-0.15, -0.1) is 0 Å². The Hall–Kier alpha value is -0.860. The van der Waals surface area contributed by atoms with Gasteiger partial charge in [0.15, 0.2) is 0 Å². The number of quaternary nitrogens is 1. The molecule has 1 aromatic carbocycles. The fourth-order valence-corrected chi connectivity index (χ4v) is 4.88. The van der Waals surface area contributed by atoms with E-state index in [9.17, 15) is 5.11 Å². The standard InChI is InChI=1S/C20H31NO/c1-16-14-21(15-18-9-5-3-6-10-18)17(2)13-20(16,22)19-11-7-4-8-12-19/h3,5-6,9-10,16-17,19,22H,4,7-8,11-15H2,1-2H3/p+1/t16-,17-,20-/m1/s1. The molecule has 22 heavy (non-hydrogen) atoms. The van der Waals surface area contributed by atoms with Crippen LogP contribution in [0.2, 0.25) is 0 Å². The van der Waals surface area contributed by atoms with Crippen molar-refractivity contribution in [1.82, 2.24) is 0 Å². The number of aliphatic hydroxyl groups is 1. The van der Waals surface area contributed by atoms with Crippen molar-refractivity contribution in [3.63, 3.8) is 0 Å². The van der Waals surface area contributed by atoms with Gasteiger partial charge in [0.2, 0.25) is 0 Å². The summed E-state index contributed by atoms with van der Waals surface area (Å²) in [7, 11) is 0. The van der Waals surface area contributed by atoms with Gasteiger partial charge in [0.1, 0.15) is 6.54 Å². The summed E-state index contributed by atoms with van der Waals surface area (Å²) in [6, 6.07) is 11.3. The van der Waals surface area contributed by atoms with Crippen molar-refractivity contribution in [1.29, 1.82) is 0 Å². The lowest BCUT2D eigenvalue weighted by Gasteiger charge is -2.49. The fraction of sp³-hybridized carbons (Fsp3) is 0.700. The maximum atomic E-state index is 11.4. The molecule has 3 rings (SSSR count). The minimum absolute atomic E-state index is 0.408. The largest absolute Gasteiger partial charge is 0.389 e. The Balaban J connectivity index is 1.68. The van der Waals surface area contributed by atoms with Gasteiger partial charge >= 0.3 is 0 Å². The van der Waals surface area contributed by atoms with E-state index in [2.05, 4.69) is 44.2 Å². The molecule has 2 N–H and O–H groups in total. The Kier molecular flexibility index (Phi) is 4.89. The average Bonchev–Trinajstić information content (AvgIpc) is 2.54. The minimum Gasteiger partial charge on any atom is -0.389 e. The van der Waals surface area contributed by atoms with E-state index in [1.165, 1.54) is 37.7 Å². The highest BCUT2D eigenvalue weighted by molar-refractivity contribution is 5.13. The van der Waals surface area contributed by atoms with Crippen molar-refractivity contribution < 1.29 is 10.0 Å². The molecule has 1 aliphatic heterocycles. The third-order valence-corrected chi connectivity index (χ3v) is 6.34. The normalized spacial score (nSPS) is 37.1. The zero-order chi connectivity index (χ0) is 15.6. The summed E-state index contributed by atoms with van der Waals surface area (Å²) < 4.78 is 0. The van der Waals surface area contributed by atoms with Crippen LogP contribution in [0.25, 0.3) is 0 Å². The van der Waals surface area contributed by atoms with Crippen LogP contribution >= 0.6 is 0 Å². The van der Waals surface area contributed by atoms with E-state index in [1.807, 2.05) is 0 Å². The lowest BCUT2D eigenvalue weighted by Crippen LogP contribution is -3.16. The third kappa shape index (κ3) is 3.23. The second-order valence-electron chi connectivity index (χ2n) is 7.86. The van der Waals surface area contributed by atoms with Crippen LogP contribution in [0, 0.1) is 11.8 Å². The summed E-state index contributed by atoms with van der Waals surface area (Å²) in [5, 5.41) is 11.4. The van der Waals surface area contributed by atoms with Crippen LogP contribution in [0.15, 0.2) is 30.3 Å². The van der Waals surface area contributed by atoms with Crippen LogP contribution in [0.5, 0.6) is 0 Å². The van der Waals surface area contributed by atoms with E-state index in [0.29, 0.717) is 17.9 Å². The second kappa shape index (κ2) is 6.72. The van der Waals surface area contributed by atoms with Gasteiger partial charge in [0.25, 0.3) is 0 Å². The number of rotatable bonds is 3. The molecule has 2 nitrogen and oxygen atoms in total. The molecule has 0 spiro atoms. The average molecular weight is 302 g/mol. The number of benzene rings is 1. The van der Waals surface area contributed by atoms with Gasteiger partial charge in [-0.1, -0.05) is 56.5 Å². The first-order valence-electron chi connectivity index (χ1n) is 9.20. The Morgan fingerprint density at radius 1 is 1.09 bits per heavy atom. The molecule has 4 atom stereocenters. The van der Waals surface area contributed by atoms with Crippen LogP contribution < -0.4 is 4.90 Å². The second-order valence-corrected chi connectivity index (χ2v) is 7.86. The van der Waals surface area contributed by atoms with Crippen molar-refractivity contribution in [2.45, 2.75) is 70.6 Å². The first kappa shape index (κ1) is 16.0. The van der Waals surface area contributed by atoms with E-state index in [0.717, 1.165) is 19.5 Å². The zero-order valence-corrected chi connectivity index (χ0v) is 14.2. The molecule has 2 fully saturated rings. The summed E-state index contributed by atoms with van der Waals surface area (Å²) in [4.78, 5) is 1.64. The summed E-state index contributed by atoms with van der Waals surface area (Å²) in [5.74, 6) is 0.947. The maximum Gasteiger partial charge on any atom is 0.103 e. The number of nitrogens with one attached hydrogen (secondary N) is 1. The first-order valence-corrected chi connectivity index (χ1v) is 9.20. The molecule has 0 radical (unpaired) electrons. The van der Waals surface area contributed by atoms with E-state index in [-0.39, 0.29) is 0 Å². The van der Waals surface area contributed by atoms with Crippen molar-refractivity contribution in [3.05, 3.63) is 35.9 Å². The predicted molar refractivity (Wildman–Crippen MR) is 90.7 cm³/mol. The van der Waals surface area contributed by atoms with Crippen LogP contribution in [0.3, 0.4) is 0 Å². The Morgan fingerprint density at radius 3 is 2.45 bits per heavy atom. The zero-order valence-electron chi connectivity index (χ0n) is 14.2. The molecular formula is C20H32NO+. The maximum absolute atomic E-state index is 11.4. The molecule has 2 aliphatic rings. The van der Waals surface area contributed by atoms with Gasteiger partial charge < -0.3 is 10.0 Å². The van der Waals surface area contributed by atoms with Crippen molar-refractivity contribution in [2.24, 2.45) is 11.8 Å². The van der Waals surface area contributed by atoms with Crippen molar-refractivity contribution >= 4 is 0 Å². The molecule has 0 amide bonds. The highest BCUT2D eigenvalue weighted by Gasteiger charge is 2.49. The molecule has 1 unspecified atom stereocenters. The number of hydrogen-bond donors (Lipinski definition) is 2. The first-order chi connectivity index (χ1) is 10.6. The van der Waals surface area contributed by atoms with Crippen LogP contribution in [-0.2, 0) is 6.54 Å². The monoisotopic (exact) mass is 302 g/mol. The lowest BCUT2D eigenvalue weighted by atomic mass is 9.66. The summed E-state index contributed by atoms with van der Waals surface area (Å²) >= 11 is 0. The molecule has 0 bridgehead atoms. The molecule has 1 aromatic rings. The van der Waals surface area contributed by atoms with Gasteiger partial charge in [-0.05, 0) is 25.7 Å². The predicted octanol–water partition coefficient (Wildman–Crippen LogP) is 2.81. The van der Waals surface area contributed by atoms with Gasteiger partial charge in [0, 0.05) is 17.9 Å². The van der Waals surface area contributed by atoms with Gasteiger partial charge in [-0.25, -0.2) is 0 Å². The molecular weight excluding hydrogens is 270 g/mol. The molecule has 1 aliphatic carbocycles. The molecule has 1 saturated carbocycles. The Bertz CT molecular complexity index is 468. The molecule has 122 valence electrons. The quantitative estimate of drug-likeness (QED) is 0.882. The van der Waals surface area contributed by atoms with Gasteiger partial charge in [0.05, 0.1) is 18.2 Å². The smallest absolute Gasteiger partial charge is 0.103 e. The minimum atomic E-state index is -0.417. The summed E-state index contributed by atoms with van der Waals surface area (Å²) in [6.07, 6.45) is 7.44. The van der Waals surface area contributed by atoms with Crippen LogP contribution in [0.1, 0.15) is 57.9 Å². The van der Waals surface area contributed by atoms with Gasteiger partial charge in [-0.2, -0.15) is 0 Å². The Morgan fingerprint density at radius 2 is 1.77 bits per heavy atom. The molecule has 2 heteroatoms.